The van der Waals surface area contributed by atoms with Crippen LogP contribution in [0.25, 0.3) is 5.70 Å². The second kappa shape index (κ2) is 8.69. The van der Waals surface area contributed by atoms with Crippen molar-refractivity contribution in [3.05, 3.63) is 53.9 Å². The van der Waals surface area contributed by atoms with Crippen LogP contribution >= 0.6 is 0 Å². The van der Waals surface area contributed by atoms with Gasteiger partial charge in [-0.2, -0.15) is 23.4 Å². The van der Waals surface area contributed by atoms with Gasteiger partial charge in [0.25, 0.3) is 0 Å². The van der Waals surface area contributed by atoms with E-state index in [0.29, 0.717) is 23.7 Å². The molecule has 2 aliphatic heterocycles. The average molecular weight is 478 g/mol. The van der Waals surface area contributed by atoms with E-state index in [1.165, 1.54) is 11.1 Å². The van der Waals surface area contributed by atoms with Crippen LogP contribution < -0.4 is 15.1 Å². The summed E-state index contributed by atoms with van der Waals surface area (Å²) in [5.74, 6) is 0.332. The summed E-state index contributed by atoms with van der Waals surface area (Å²) < 4.78 is 61.0. The van der Waals surface area contributed by atoms with Crippen LogP contribution in [0, 0.1) is 19.7 Å². The highest BCUT2D eigenvalue weighted by molar-refractivity contribution is 5.90. The zero-order valence-corrected chi connectivity index (χ0v) is 19.3. The summed E-state index contributed by atoms with van der Waals surface area (Å²) in [6, 6.07) is 2.31. The molecule has 3 heterocycles. The molecule has 0 spiro atoms. The Balaban J connectivity index is 1.71. The van der Waals surface area contributed by atoms with Crippen LogP contribution in [0.15, 0.2) is 36.2 Å². The van der Waals surface area contributed by atoms with E-state index in [-0.39, 0.29) is 22.7 Å². The van der Waals surface area contributed by atoms with E-state index in [2.05, 4.69) is 28.7 Å². The second-order valence-corrected chi connectivity index (χ2v) is 8.33. The Bertz CT molecular complexity index is 1180. The van der Waals surface area contributed by atoms with E-state index < -0.39 is 18.6 Å². The van der Waals surface area contributed by atoms with Crippen LogP contribution in [0.1, 0.15) is 36.2 Å². The Kier molecular flexibility index (Phi) is 6.05. The van der Waals surface area contributed by atoms with Crippen LogP contribution in [-0.4, -0.2) is 39.8 Å². The highest BCUT2D eigenvalue weighted by atomic mass is 19.4. The van der Waals surface area contributed by atoms with E-state index in [1.807, 2.05) is 11.8 Å². The third kappa shape index (κ3) is 4.46. The molecule has 0 atom stereocenters. The standard InChI is InChI=1S/C23H26F4N6O/c1-13(28-22-14(2)29-31(5)15(22)3)17-10-18(24)19(11-20(17)34-12-23(25,26)27)33-16(4)32-9-7-6-8-21(32)30-33/h10-11,28H,1,4,6-9,12H2,2-3,5H3. The van der Waals surface area contributed by atoms with Gasteiger partial charge in [-0.25, -0.2) is 9.40 Å². The SMILES string of the molecule is C=C(Nc1c(C)nn(C)c1C)c1cc(F)c(N2N=C3CCCCN3C2=C)cc1OCC(F)(F)F. The maximum absolute atomic E-state index is 15.3. The summed E-state index contributed by atoms with van der Waals surface area (Å²) in [6.07, 6.45) is -1.95. The number of halogens is 4. The lowest BCUT2D eigenvalue weighted by atomic mass is 10.1. The lowest BCUT2D eigenvalue weighted by Crippen LogP contribution is -2.32. The first-order chi connectivity index (χ1) is 16.0. The number of aromatic nitrogens is 2. The van der Waals surface area contributed by atoms with Gasteiger partial charge in [-0.1, -0.05) is 13.2 Å². The lowest BCUT2D eigenvalue weighted by molar-refractivity contribution is -0.153. The van der Waals surface area contributed by atoms with Gasteiger partial charge in [0.15, 0.2) is 6.61 Å². The van der Waals surface area contributed by atoms with Crippen molar-refractivity contribution >= 4 is 22.9 Å². The maximum Gasteiger partial charge on any atom is 0.422 e. The van der Waals surface area contributed by atoms with Crippen molar-refractivity contribution in [3.8, 4) is 5.75 Å². The van der Waals surface area contributed by atoms with Crippen LogP contribution in [0.5, 0.6) is 5.75 Å². The normalized spacial score (nSPS) is 16.0. The Labute approximate surface area is 195 Å². The van der Waals surface area contributed by atoms with Gasteiger partial charge in [-0.15, -0.1) is 0 Å². The minimum absolute atomic E-state index is 0.0469. The highest BCUT2D eigenvalue weighted by Gasteiger charge is 2.33. The molecule has 182 valence electrons. The molecule has 1 aromatic carbocycles. The number of hydrogen-bond acceptors (Lipinski definition) is 6. The number of piperidine rings is 1. The van der Waals surface area contributed by atoms with Crippen molar-refractivity contribution in [1.29, 1.82) is 0 Å². The number of rotatable bonds is 6. The highest BCUT2D eigenvalue weighted by Crippen LogP contribution is 2.39. The molecule has 0 radical (unpaired) electrons. The molecule has 7 nitrogen and oxygen atoms in total. The fourth-order valence-electron chi connectivity index (χ4n) is 4.07. The van der Waals surface area contributed by atoms with Crippen molar-refractivity contribution in [2.45, 2.75) is 39.3 Å². The minimum atomic E-state index is -4.57. The molecule has 1 N–H and O–H groups in total. The Morgan fingerprint density at radius 1 is 1.24 bits per heavy atom. The number of benzene rings is 1. The summed E-state index contributed by atoms with van der Waals surface area (Å²) >= 11 is 0. The van der Waals surface area contributed by atoms with E-state index in [4.69, 9.17) is 4.74 Å². The summed E-state index contributed by atoms with van der Waals surface area (Å²) in [6.45, 7) is 10.7. The van der Waals surface area contributed by atoms with Crippen molar-refractivity contribution in [1.82, 2.24) is 14.7 Å². The first kappa shape index (κ1) is 23.7. The first-order valence-electron chi connectivity index (χ1n) is 10.8. The minimum Gasteiger partial charge on any atom is -0.483 e. The van der Waals surface area contributed by atoms with Gasteiger partial charge < -0.3 is 15.0 Å². The zero-order chi connectivity index (χ0) is 24.8. The van der Waals surface area contributed by atoms with Crippen molar-refractivity contribution in [3.63, 3.8) is 0 Å². The quantitative estimate of drug-likeness (QED) is 0.572. The molecule has 2 aliphatic rings. The molecule has 0 amide bonds. The topological polar surface area (TPSA) is 57.9 Å². The van der Waals surface area contributed by atoms with Gasteiger partial charge in [0.2, 0.25) is 0 Å². The zero-order valence-electron chi connectivity index (χ0n) is 19.3. The van der Waals surface area contributed by atoms with Gasteiger partial charge >= 0.3 is 6.18 Å². The fraction of sp³-hybridized carbons (Fsp3) is 0.391. The summed E-state index contributed by atoms with van der Waals surface area (Å²) in [4.78, 5) is 1.89. The lowest BCUT2D eigenvalue weighted by Gasteiger charge is -2.27. The third-order valence-electron chi connectivity index (χ3n) is 5.89. The van der Waals surface area contributed by atoms with Crippen molar-refractivity contribution in [2.24, 2.45) is 12.1 Å². The number of fused-ring (bicyclic) bond motifs is 1. The van der Waals surface area contributed by atoms with Crippen LogP contribution in [-0.2, 0) is 7.05 Å². The Hall–Kier alpha value is -3.50. The smallest absolute Gasteiger partial charge is 0.422 e. The third-order valence-corrected chi connectivity index (χ3v) is 5.89. The van der Waals surface area contributed by atoms with E-state index in [0.717, 1.165) is 36.9 Å². The maximum atomic E-state index is 15.3. The molecule has 4 rings (SSSR count). The number of aryl methyl sites for hydroxylation is 2. The van der Waals surface area contributed by atoms with Gasteiger partial charge in [0, 0.05) is 37.3 Å². The van der Waals surface area contributed by atoms with Gasteiger partial charge in [0.1, 0.15) is 28.9 Å². The molecule has 11 heteroatoms. The van der Waals surface area contributed by atoms with Gasteiger partial charge in [-0.3, -0.25) is 4.68 Å². The predicted octanol–water partition coefficient (Wildman–Crippen LogP) is 5.29. The largest absolute Gasteiger partial charge is 0.483 e. The molecule has 0 unspecified atom stereocenters. The molecular weight excluding hydrogens is 452 g/mol. The Morgan fingerprint density at radius 2 is 1.97 bits per heavy atom. The molecule has 0 aliphatic carbocycles. The number of hydrazone groups is 1. The molecule has 1 fully saturated rings. The summed E-state index contributed by atoms with van der Waals surface area (Å²) in [5, 5.41) is 13.1. The van der Waals surface area contributed by atoms with E-state index in [1.54, 1.807) is 18.7 Å². The average Bonchev–Trinajstić information content (AvgIpc) is 3.22. The van der Waals surface area contributed by atoms with E-state index in [9.17, 15) is 13.2 Å². The number of anilines is 2. The number of nitrogens with zero attached hydrogens (tertiary/aromatic N) is 5. The molecule has 2 aromatic rings. The van der Waals surface area contributed by atoms with Crippen LogP contribution in [0.4, 0.5) is 28.9 Å². The fourth-order valence-corrected chi connectivity index (χ4v) is 4.07. The molecule has 0 saturated carbocycles. The van der Waals surface area contributed by atoms with Crippen molar-refractivity contribution < 1.29 is 22.3 Å². The van der Waals surface area contributed by atoms with Crippen LogP contribution in [0.3, 0.4) is 0 Å². The molecule has 0 bridgehead atoms. The molecule has 1 saturated heterocycles. The number of ether oxygens (including phenoxy) is 1. The first-order valence-corrected chi connectivity index (χ1v) is 10.8. The number of amidine groups is 1. The summed E-state index contributed by atoms with van der Waals surface area (Å²) in [7, 11) is 1.76. The summed E-state index contributed by atoms with van der Waals surface area (Å²) in [5.41, 5.74) is 2.27. The number of alkyl halides is 3. The predicted molar refractivity (Wildman–Crippen MR) is 123 cm³/mol. The van der Waals surface area contributed by atoms with Crippen LogP contribution in [0.2, 0.25) is 0 Å². The van der Waals surface area contributed by atoms with E-state index >= 15 is 4.39 Å². The molecular formula is C23H26F4N6O. The second-order valence-electron chi connectivity index (χ2n) is 8.33. The van der Waals surface area contributed by atoms with Gasteiger partial charge in [0.05, 0.1) is 17.1 Å². The number of hydrogen-bond donors (Lipinski definition) is 1. The molecule has 34 heavy (non-hydrogen) atoms. The van der Waals surface area contributed by atoms with Gasteiger partial charge in [-0.05, 0) is 32.8 Å². The molecule has 1 aromatic heterocycles. The monoisotopic (exact) mass is 478 g/mol. The van der Waals surface area contributed by atoms with Crippen molar-refractivity contribution in [2.75, 3.05) is 23.5 Å². The Morgan fingerprint density at radius 3 is 2.59 bits per heavy atom. The number of nitrogens with one attached hydrogen (secondary N) is 1.